The standard InChI is InChI=1S/C33H37N5O7/c1-4-42-33-34-19-29-22(2)30(45-23(3)39)18-27(37(29)33)17-28(38(40)41)15-26-16-31(43-20-24-11-7-5-8-12-24)36-32(35-26)44-21-25-13-9-6-10-14-25/h5-16,22,27,29-30H,4,17-21H2,1-3H3/b28-15+/t22-,27+,29-,30+/m1/s1. The number of rotatable bonds is 12. The van der Waals surface area contributed by atoms with Gasteiger partial charge in [-0.2, -0.15) is 9.97 Å². The van der Waals surface area contributed by atoms with Crippen molar-refractivity contribution in [1.82, 2.24) is 14.9 Å². The first-order chi connectivity index (χ1) is 21.8. The molecule has 5 rings (SSSR count). The predicted octanol–water partition coefficient (Wildman–Crippen LogP) is 5.06. The molecule has 3 aromatic rings. The first-order valence-corrected chi connectivity index (χ1v) is 15.0. The molecule has 0 aliphatic carbocycles. The van der Waals surface area contributed by atoms with Gasteiger partial charge in [-0.25, -0.2) is 4.99 Å². The van der Waals surface area contributed by atoms with Crippen LogP contribution in [0.5, 0.6) is 11.9 Å². The third kappa shape index (κ3) is 8.14. The lowest BCUT2D eigenvalue weighted by atomic mass is 9.83. The monoisotopic (exact) mass is 615 g/mol. The zero-order valence-corrected chi connectivity index (χ0v) is 25.6. The lowest BCUT2D eigenvalue weighted by molar-refractivity contribution is -0.427. The van der Waals surface area contributed by atoms with Crippen molar-refractivity contribution in [3.8, 4) is 11.9 Å². The molecule has 0 radical (unpaired) electrons. The van der Waals surface area contributed by atoms with Gasteiger partial charge in [0.25, 0.3) is 6.02 Å². The summed E-state index contributed by atoms with van der Waals surface area (Å²) >= 11 is 0. The van der Waals surface area contributed by atoms with Gasteiger partial charge < -0.3 is 23.8 Å². The van der Waals surface area contributed by atoms with E-state index >= 15 is 0 Å². The number of nitro groups is 1. The number of aromatic nitrogens is 2. The van der Waals surface area contributed by atoms with Crippen LogP contribution >= 0.6 is 0 Å². The molecule has 1 aromatic heterocycles. The molecule has 0 amide bonds. The van der Waals surface area contributed by atoms with Gasteiger partial charge in [0.1, 0.15) is 19.3 Å². The van der Waals surface area contributed by atoms with Crippen LogP contribution in [0.4, 0.5) is 0 Å². The van der Waals surface area contributed by atoms with E-state index in [4.69, 9.17) is 18.9 Å². The van der Waals surface area contributed by atoms with Gasteiger partial charge in [-0.15, -0.1) is 0 Å². The van der Waals surface area contributed by atoms with Gasteiger partial charge in [-0.3, -0.25) is 14.9 Å². The van der Waals surface area contributed by atoms with Crippen LogP contribution in [-0.2, 0) is 27.5 Å². The Morgan fingerprint density at radius 3 is 2.31 bits per heavy atom. The minimum Gasteiger partial charge on any atom is -0.473 e. The molecule has 1 saturated heterocycles. The lowest BCUT2D eigenvalue weighted by Gasteiger charge is -2.45. The quantitative estimate of drug-likeness (QED) is 0.154. The Morgan fingerprint density at radius 2 is 1.69 bits per heavy atom. The van der Waals surface area contributed by atoms with Gasteiger partial charge in [-0.1, -0.05) is 67.6 Å². The van der Waals surface area contributed by atoms with Crippen LogP contribution in [0.15, 0.2) is 77.4 Å². The number of aliphatic imine (C=N–C) groups is 1. The molecular weight excluding hydrogens is 578 g/mol. The summed E-state index contributed by atoms with van der Waals surface area (Å²) in [6.07, 6.45) is 1.42. The highest BCUT2D eigenvalue weighted by Gasteiger charge is 2.48. The molecule has 12 nitrogen and oxygen atoms in total. The highest BCUT2D eigenvalue weighted by Crippen LogP contribution is 2.37. The summed E-state index contributed by atoms with van der Waals surface area (Å²) in [7, 11) is 0. The summed E-state index contributed by atoms with van der Waals surface area (Å²) in [6, 6.07) is 20.7. The van der Waals surface area contributed by atoms with E-state index in [1.807, 2.05) is 79.4 Å². The van der Waals surface area contributed by atoms with Crippen molar-refractivity contribution < 1.29 is 28.7 Å². The molecule has 4 atom stereocenters. The van der Waals surface area contributed by atoms with Gasteiger partial charge in [0, 0.05) is 37.4 Å². The molecule has 2 aliphatic rings. The first kappa shape index (κ1) is 31.4. The molecule has 236 valence electrons. The number of piperidine rings is 1. The summed E-state index contributed by atoms with van der Waals surface area (Å²) in [4.78, 5) is 39.4. The molecule has 1 fully saturated rings. The predicted molar refractivity (Wildman–Crippen MR) is 166 cm³/mol. The Bertz CT molecular complexity index is 1470. The van der Waals surface area contributed by atoms with E-state index in [1.54, 1.807) is 6.07 Å². The van der Waals surface area contributed by atoms with Crippen molar-refractivity contribution in [3.05, 3.63) is 99.4 Å². The Hall–Kier alpha value is -5.00. The van der Waals surface area contributed by atoms with Crippen molar-refractivity contribution in [3.63, 3.8) is 0 Å². The van der Waals surface area contributed by atoms with Crippen molar-refractivity contribution in [2.24, 2.45) is 10.9 Å². The SMILES string of the molecule is CCOC1=NC[C@@H]2[C@@H](C)[C@@H](OC(C)=O)C[C@H](C/C(=C\c3cc(OCc4ccccc4)nc(OCc4ccccc4)n3)[N+](=O)[O-])N12. The minimum absolute atomic E-state index is 0.0322. The first-order valence-electron chi connectivity index (χ1n) is 15.0. The second-order valence-electron chi connectivity index (χ2n) is 11.0. The fourth-order valence-electron chi connectivity index (χ4n) is 5.66. The van der Waals surface area contributed by atoms with Crippen LogP contribution < -0.4 is 9.47 Å². The Kier molecular flexibility index (Phi) is 10.2. The number of benzene rings is 2. The maximum absolute atomic E-state index is 12.5. The van der Waals surface area contributed by atoms with E-state index in [-0.39, 0.29) is 60.8 Å². The topological polar surface area (TPSA) is 139 Å². The third-order valence-electron chi connectivity index (χ3n) is 7.81. The molecule has 2 aliphatic heterocycles. The molecule has 12 heteroatoms. The highest BCUT2D eigenvalue weighted by molar-refractivity contribution is 5.77. The molecule has 0 N–H and O–H groups in total. The van der Waals surface area contributed by atoms with Crippen LogP contribution in [0.25, 0.3) is 6.08 Å². The normalized spacial score (nSPS) is 21.0. The van der Waals surface area contributed by atoms with E-state index in [1.165, 1.54) is 13.0 Å². The van der Waals surface area contributed by atoms with E-state index in [0.29, 0.717) is 25.6 Å². The van der Waals surface area contributed by atoms with Crippen LogP contribution in [-0.4, -0.2) is 63.1 Å². The zero-order valence-electron chi connectivity index (χ0n) is 25.6. The van der Waals surface area contributed by atoms with Gasteiger partial charge in [0.05, 0.1) is 36.2 Å². The van der Waals surface area contributed by atoms with Crippen molar-refractivity contribution in [2.75, 3.05) is 13.2 Å². The summed E-state index contributed by atoms with van der Waals surface area (Å²) in [5, 5.41) is 12.5. The van der Waals surface area contributed by atoms with E-state index in [9.17, 15) is 14.9 Å². The van der Waals surface area contributed by atoms with Crippen LogP contribution in [0, 0.1) is 16.0 Å². The molecular formula is C33H37N5O7. The number of fused-ring (bicyclic) bond motifs is 1. The van der Waals surface area contributed by atoms with Gasteiger partial charge >= 0.3 is 12.0 Å². The van der Waals surface area contributed by atoms with Crippen molar-refractivity contribution >= 4 is 18.1 Å². The zero-order chi connectivity index (χ0) is 31.8. The summed E-state index contributed by atoms with van der Waals surface area (Å²) < 4.78 is 23.3. The average molecular weight is 616 g/mol. The summed E-state index contributed by atoms with van der Waals surface area (Å²) in [6.45, 7) is 6.57. The summed E-state index contributed by atoms with van der Waals surface area (Å²) in [5.41, 5.74) is 2.03. The Morgan fingerprint density at radius 1 is 1.02 bits per heavy atom. The molecule has 0 bridgehead atoms. The number of carbonyl (C=O) groups is 1. The number of hydrogen-bond donors (Lipinski definition) is 0. The highest BCUT2D eigenvalue weighted by atomic mass is 16.6. The third-order valence-corrected chi connectivity index (χ3v) is 7.81. The number of amidine groups is 1. The van der Waals surface area contributed by atoms with Crippen LogP contribution in [0.1, 0.15) is 50.4 Å². The Balaban J connectivity index is 1.43. The lowest BCUT2D eigenvalue weighted by Crippen LogP contribution is -2.57. The summed E-state index contributed by atoms with van der Waals surface area (Å²) in [5.74, 6) is -0.205. The molecule has 0 saturated carbocycles. The number of esters is 1. The molecule has 0 unspecified atom stereocenters. The van der Waals surface area contributed by atoms with E-state index in [0.717, 1.165) is 11.1 Å². The molecule has 0 spiro atoms. The molecule has 45 heavy (non-hydrogen) atoms. The second kappa shape index (κ2) is 14.7. The molecule has 3 heterocycles. The van der Waals surface area contributed by atoms with Gasteiger partial charge in [0.15, 0.2) is 0 Å². The maximum Gasteiger partial charge on any atom is 0.320 e. The van der Waals surface area contributed by atoms with Crippen LogP contribution in [0.2, 0.25) is 0 Å². The van der Waals surface area contributed by atoms with Crippen molar-refractivity contribution in [2.45, 2.75) is 65.0 Å². The fraction of sp³-hybridized carbons (Fsp3) is 0.394. The average Bonchev–Trinajstić information content (AvgIpc) is 3.46. The van der Waals surface area contributed by atoms with Crippen LogP contribution in [0.3, 0.4) is 0 Å². The molecule has 2 aromatic carbocycles. The smallest absolute Gasteiger partial charge is 0.320 e. The van der Waals surface area contributed by atoms with E-state index in [2.05, 4.69) is 15.0 Å². The largest absolute Gasteiger partial charge is 0.473 e. The van der Waals surface area contributed by atoms with E-state index < -0.39 is 17.1 Å². The number of hydrogen-bond acceptors (Lipinski definition) is 11. The van der Waals surface area contributed by atoms with Crippen molar-refractivity contribution in [1.29, 1.82) is 0 Å². The minimum atomic E-state index is -0.418. The number of carbonyl (C=O) groups excluding carboxylic acids is 1. The second-order valence-corrected chi connectivity index (χ2v) is 11.0. The fourth-order valence-corrected chi connectivity index (χ4v) is 5.66. The maximum atomic E-state index is 12.5. The number of ether oxygens (including phenoxy) is 4. The Labute approximate surface area is 261 Å². The number of nitrogens with zero attached hydrogens (tertiary/aromatic N) is 5. The van der Waals surface area contributed by atoms with Gasteiger partial charge in [0.2, 0.25) is 11.6 Å². The van der Waals surface area contributed by atoms with Gasteiger partial charge in [-0.05, 0) is 18.1 Å².